The highest BCUT2D eigenvalue weighted by atomic mass is 16.5. The molecule has 0 amide bonds. The Morgan fingerprint density at radius 2 is 1.14 bits per heavy atom. The van der Waals surface area contributed by atoms with Gasteiger partial charge in [-0.1, -0.05) is 121 Å². The molecule has 0 bridgehead atoms. The molecule has 7 heteroatoms. The molecule has 0 radical (unpaired) electrons. The van der Waals surface area contributed by atoms with E-state index in [0.29, 0.717) is 12.4 Å². The lowest BCUT2D eigenvalue weighted by atomic mass is 9.94. The van der Waals surface area contributed by atoms with Crippen LogP contribution in [0.2, 0.25) is 0 Å². The van der Waals surface area contributed by atoms with Crippen molar-refractivity contribution in [2.75, 3.05) is 16.5 Å². The SMILES string of the molecule is c1ccc(-c2cccc(-c3ccccc3)c2N2CN(c3cccc(Oc4cccc(-n5ncnn5)c4)c3)c3ccc4ccccc4c32)cc1. The van der Waals surface area contributed by atoms with Crippen LogP contribution in [0.1, 0.15) is 0 Å². The van der Waals surface area contributed by atoms with Gasteiger partial charge in [-0.2, -0.15) is 0 Å². The van der Waals surface area contributed by atoms with Crippen LogP contribution in [0.25, 0.3) is 38.7 Å². The van der Waals surface area contributed by atoms with Crippen molar-refractivity contribution in [3.8, 4) is 39.4 Å². The van der Waals surface area contributed by atoms with E-state index in [1.54, 1.807) is 0 Å². The van der Waals surface area contributed by atoms with E-state index in [1.165, 1.54) is 55.5 Å². The van der Waals surface area contributed by atoms with Crippen LogP contribution in [0.3, 0.4) is 0 Å². The Labute approximate surface area is 283 Å². The molecule has 7 nitrogen and oxygen atoms in total. The Morgan fingerprint density at radius 1 is 0.510 bits per heavy atom. The number of para-hydroxylation sites is 1. The largest absolute Gasteiger partial charge is 0.457 e. The minimum Gasteiger partial charge on any atom is -0.457 e. The molecule has 7 aromatic carbocycles. The van der Waals surface area contributed by atoms with E-state index in [9.17, 15) is 0 Å². The zero-order valence-electron chi connectivity index (χ0n) is 26.5. The Kier molecular flexibility index (Phi) is 7.05. The third-order valence-electron chi connectivity index (χ3n) is 8.96. The third-order valence-corrected chi connectivity index (χ3v) is 8.96. The first kappa shape index (κ1) is 28.5. The van der Waals surface area contributed by atoms with Crippen molar-refractivity contribution < 1.29 is 4.74 Å². The zero-order chi connectivity index (χ0) is 32.6. The lowest BCUT2D eigenvalue weighted by Crippen LogP contribution is -2.25. The number of ether oxygens (including phenoxy) is 1. The van der Waals surface area contributed by atoms with Gasteiger partial charge in [-0.15, -0.1) is 15.0 Å². The maximum Gasteiger partial charge on any atom is 0.162 e. The minimum absolute atomic E-state index is 0.615. The van der Waals surface area contributed by atoms with Crippen molar-refractivity contribution in [1.82, 2.24) is 20.2 Å². The van der Waals surface area contributed by atoms with E-state index in [1.807, 2.05) is 36.4 Å². The summed E-state index contributed by atoms with van der Waals surface area (Å²) in [6, 6.07) is 57.1. The van der Waals surface area contributed by atoms with E-state index >= 15 is 0 Å². The summed E-state index contributed by atoms with van der Waals surface area (Å²) in [4.78, 5) is 6.34. The highest BCUT2D eigenvalue weighted by Crippen LogP contribution is 2.52. The summed E-state index contributed by atoms with van der Waals surface area (Å²) in [6.07, 6.45) is 1.42. The lowest BCUT2D eigenvalue weighted by molar-refractivity contribution is 0.482. The second-order valence-electron chi connectivity index (χ2n) is 11.9. The van der Waals surface area contributed by atoms with Gasteiger partial charge in [-0.25, -0.2) is 0 Å². The fraction of sp³-hybridized carbons (Fsp3) is 0.0238. The number of anilines is 4. The molecule has 9 rings (SSSR count). The molecule has 0 unspecified atom stereocenters. The molecular weight excluding hydrogens is 605 g/mol. The van der Waals surface area contributed by atoms with Gasteiger partial charge in [0.05, 0.1) is 22.7 Å². The summed E-state index contributed by atoms with van der Waals surface area (Å²) < 4.78 is 6.41. The number of rotatable bonds is 7. The number of nitrogens with zero attached hydrogens (tertiary/aromatic N) is 6. The molecular formula is C42H30N6O. The van der Waals surface area contributed by atoms with Gasteiger partial charge >= 0.3 is 0 Å². The van der Waals surface area contributed by atoms with Gasteiger partial charge in [0.1, 0.15) is 18.2 Å². The second-order valence-corrected chi connectivity index (χ2v) is 11.9. The summed E-state index contributed by atoms with van der Waals surface area (Å²) in [6.45, 7) is 0.615. The topological polar surface area (TPSA) is 59.3 Å². The summed E-state index contributed by atoms with van der Waals surface area (Å²) in [5.41, 5.74) is 10.0. The monoisotopic (exact) mass is 634 g/mol. The summed E-state index contributed by atoms with van der Waals surface area (Å²) in [5, 5.41) is 14.4. The predicted molar refractivity (Wildman–Crippen MR) is 196 cm³/mol. The maximum absolute atomic E-state index is 6.41. The number of hydrogen-bond acceptors (Lipinski definition) is 6. The number of tetrazole rings is 1. The van der Waals surface area contributed by atoms with Crippen LogP contribution in [-0.2, 0) is 0 Å². The van der Waals surface area contributed by atoms with E-state index in [4.69, 9.17) is 4.74 Å². The van der Waals surface area contributed by atoms with Gasteiger partial charge in [0, 0.05) is 34.3 Å². The number of benzene rings is 7. The summed E-state index contributed by atoms with van der Waals surface area (Å²) in [7, 11) is 0. The first-order chi connectivity index (χ1) is 24.3. The molecule has 0 saturated heterocycles. The summed E-state index contributed by atoms with van der Waals surface area (Å²) >= 11 is 0. The summed E-state index contributed by atoms with van der Waals surface area (Å²) in [5.74, 6) is 1.42. The molecule has 49 heavy (non-hydrogen) atoms. The van der Waals surface area contributed by atoms with Crippen LogP contribution >= 0.6 is 0 Å². The van der Waals surface area contributed by atoms with Crippen LogP contribution in [0.5, 0.6) is 11.5 Å². The molecule has 0 spiro atoms. The molecule has 2 heterocycles. The molecule has 0 aliphatic carbocycles. The molecule has 8 aromatic rings. The molecule has 234 valence electrons. The third kappa shape index (κ3) is 5.23. The average Bonchev–Trinajstić information content (AvgIpc) is 3.85. The first-order valence-corrected chi connectivity index (χ1v) is 16.2. The maximum atomic E-state index is 6.41. The van der Waals surface area contributed by atoms with Crippen molar-refractivity contribution in [3.05, 3.63) is 170 Å². The quantitative estimate of drug-likeness (QED) is 0.174. The van der Waals surface area contributed by atoms with Crippen molar-refractivity contribution in [1.29, 1.82) is 0 Å². The number of hydrogen-bond donors (Lipinski definition) is 0. The van der Waals surface area contributed by atoms with Crippen molar-refractivity contribution >= 4 is 33.5 Å². The van der Waals surface area contributed by atoms with Gasteiger partial charge < -0.3 is 14.5 Å². The van der Waals surface area contributed by atoms with Gasteiger partial charge in [-0.3, -0.25) is 0 Å². The highest BCUT2D eigenvalue weighted by molar-refractivity contribution is 6.09. The van der Waals surface area contributed by atoms with Crippen molar-refractivity contribution in [2.24, 2.45) is 0 Å². The molecule has 1 aliphatic rings. The fourth-order valence-electron chi connectivity index (χ4n) is 6.78. The van der Waals surface area contributed by atoms with Crippen molar-refractivity contribution in [2.45, 2.75) is 0 Å². The smallest absolute Gasteiger partial charge is 0.162 e. The van der Waals surface area contributed by atoms with Crippen LogP contribution < -0.4 is 14.5 Å². The van der Waals surface area contributed by atoms with E-state index in [0.717, 1.165) is 22.8 Å². The highest BCUT2D eigenvalue weighted by Gasteiger charge is 2.33. The van der Waals surface area contributed by atoms with E-state index in [2.05, 4.69) is 153 Å². The Balaban J connectivity index is 1.18. The van der Waals surface area contributed by atoms with Gasteiger partial charge in [0.15, 0.2) is 6.33 Å². The molecule has 1 aromatic heterocycles. The van der Waals surface area contributed by atoms with Crippen molar-refractivity contribution in [3.63, 3.8) is 0 Å². The molecule has 0 N–H and O–H groups in total. The molecule has 0 atom stereocenters. The van der Waals surface area contributed by atoms with Crippen LogP contribution in [0.4, 0.5) is 22.7 Å². The normalized spacial score (nSPS) is 12.3. The van der Waals surface area contributed by atoms with E-state index in [-0.39, 0.29) is 0 Å². The Bertz CT molecular complexity index is 2350. The lowest BCUT2D eigenvalue weighted by Gasteiger charge is -2.27. The van der Waals surface area contributed by atoms with Gasteiger partial charge in [-0.05, 0) is 52.1 Å². The van der Waals surface area contributed by atoms with Crippen LogP contribution in [0, 0.1) is 0 Å². The van der Waals surface area contributed by atoms with Gasteiger partial charge in [0.25, 0.3) is 0 Å². The molecule has 1 aliphatic heterocycles. The second kappa shape index (κ2) is 12.1. The molecule has 0 fully saturated rings. The Morgan fingerprint density at radius 3 is 1.84 bits per heavy atom. The minimum atomic E-state index is 0.615. The predicted octanol–water partition coefficient (Wildman–Crippen LogP) is 10.2. The van der Waals surface area contributed by atoms with Crippen LogP contribution in [0.15, 0.2) is 170 Å². The standard InChI is InChI=1S/C42H30N6O/c1-3-12-30(13-4-1)37-22-11-23-38(31-14-5-2-6-15-31)41(37)47-29-46(40-25-24-32-16-7-8-21-39(32)42(40)47)33-17-9-19-35(26-33)49-36-20-10-18-34(27-36)48-44-28-43-45-48/h1-28H,29H2. The van der Waals surface area contributed by atoms with Crippen LogP contribution in [-0.4, -0.2) is 26.9 Å². The fourth-order valence-corrected chi connectivity index (χ4v) is 6.78. The first-order valence-electron chi connectivity index (χ1n) is 16.2. The Hall–Kier alpha value is -6.73. The molecule has 0 saturated carbocycles. The number of fused-ring (bicyclic) bond motifs is 3. The van der Waals surface area contributed by atoms with Gasteiger partial charge in [0.2, 0.25) is 0 Å². The average molecular weight is 635 g/mol. The number of aromatic nitrogens is 4. The zero-order valence-corrected chi connectivity index (χ0v) is 26.5. The van der Waals surface area contributed by atoms with E-state index < -0.39 is 0 Å².